The smallest absolute Gasteiger partial charge is 0.243 e. The number of piperazine rings is 1. The van der Waals surface area contributed by atoms with E-state index in [0.717, 1.165) is 42.3 Å². The number of aryl methyl sites for hydroxylation is 2. The van der Waals surface area contributed by atoms with Crippen LogP contribution in [0.2, 0.25) is 0 Å². The van der Waals surface area contributed by atoms with Crippen molar-refractivity contribution in [2.45, 2.75) is 18.7 Å². The lowest BCUT2D eigenvalue weighted by Crippen LogP contribution is -3.15. The molecule has 0 aliphatic carbocycles. The molecule has 1 saturated heterocycles. The number of sulfonamides is 1. The SMILES string of the molecule is COc1ccc(OCC[NH+]2CCN(S(=O)(=O)c3ccc(C)c(C)c3)CC2)cc1. The van der Waals surface area contributed by atoms with Crippen molar-refractivity contribution in [1.82, 2.24) is 4.31 Å². The minimum absolute atomic E-state index is 0.391. The van der Waals surface area contributed by atoms with Crippen molar-refractivity contribution in [3.8, 4) is 11.5 Å². The molecule has 0 bridgehead atoms. The van der Waals surface area contributed by atoms with Crippen LogP contribution in [0.1, 0.15) is 11.1 Å². The van der Waals surface area contributed by atoms with Crippen LogP contribution in [-0.4, -0.2) is 59.2 Å². The van der Waals surface area contributed by atoms with Gasteiger partial charge in [-0.3, -0.25) is 0 Å². The zero-order chi connectivity index (χ0) is 20.1. The maximum Gasteiger partial charge on any atom is 0.243 e. The standard InChI is InChI=1S/C21H28N2O4S/c1-17-4-9-21(16-18(17)2)28(24,25)23-12-10-22(11-13-23)14-15-27-20-7-5-19(26-3)6-8-20/h4-9,16H,10-15H2,1-3H3/p+1. The molecule has 0 spiro atoms. The lowest BCUT2D eigenvalue weighted by molar-refractivity contribution is -0.903. The minimum atomic E-state index is -3.42. The van der Waals surface area contributed by atoms with Crippen molar-refractivity contribution in [2.75, 3.05) is 46.4 Å². The summed E-state index contributed by atoms with van der Waals surface area (Å²) in [5, 5.41) is 0. The van der Waals surface area contributed by atoms with Crippen LogP contribution in [0.3, 0.4) is 0 Å². The molecule has 1 aliphatic rings. The zero-order valence-electron chi connectivity index (χ0n) is 16.8. The highest BCUT2D eigenvalue weighted by atomic mass is 32.2. The Hall–Kier alpha value is -2.09. The Morgan fingerprint density at radius 1 is 0.964 bits per heavy atom. The Kier molecular flexibility index (Phi) is 6.59. The van der Waals surface area contributed by atoms with Crippen molar-refractivity contribution >= 4 is 10.0 Å². The van der Waals surface area contributed by atoms with Gasteiger partial charge in [0.1, 0.15) is 24.7 Å². The van der Waals surface area contributed by atoms with Crippen LogP contribution in [0.4, 0.5) is 0 Å². The first-order valence-electron chi connectivity index (χ1n) is 9.58. The van der Waals surface area contributed by atoms with Gasteiger partial charge in [0.2, 0.25) is 10.0 Å². The monoisotopic (exact) mass is 405 g/mol. The van der Waals surface area contributed by atoms with Crippen LogP contribution >= 0.6 is 0 Å². The summed E-state index contributed by atoms with van der Waals surface area (Å²) in [6, 6.07) is 12.9. The molecule has 7 heteroatoms. The first kappa shape index (κ1) is 20.6. The summed E-state index contributed by atoms with van der Waals surface area (Å²) in [5.41, 5.74) is 2.10. The third kappa shape index (κ3) is 4.84. The van der Waals surface area contributed by atoms with E-state index < -0.39 is 10.0 Å². The van der Waals surface area contributed by atoms with E-state index >= 15 is 0 Å². The molecule has 0 amide bonds. The van der Waals surface area contributed by atoms with E-state index in [1.54, 1.807) is 23.5 Å². The molecule has 2 aromatic rings. The fraction of sp³-hybridized carbons (Fsp3) is 0.429. The lowest BCUT2D eigenvalue weighted by atomic mass is 10.1. The molecule has 0 atom stereocenters. The molecule has 3 rings (SSSR count). The zero-order valence-corrected chi connectivity index (χ0v) is 17.6. The molecule has 28 heavy (non-hydrogen) atoms. The third-order valence-electron chi connectivity index (χ3n) is 5.33. The Morgan fingerprint density at radius 2 is 1.61 bits per heavy atom. The molecule has 0 unspecified atom stereocenters. The predicted octanol–water partition coefficient (Wildman–Crippen LogP) is 1.28. The number of hydrogen-bond acceptors (Lipinski definition) is 4. The van der Waals surface area contributed by atoms with Gasteiger partial charge in [0, 0.05) is 0 Å². The number of methoxy groups -OCH3 is 1. The van der Waals surface area contributed by atoms with E-state index in [0.29, 0.717) is 24.6 Å². The van der Waals surface area contributed by atoms with Crippen molar-refractivity contribution in [3.63, 3.8) is 0 Å². The summed E-state index contributed by atoms with van der Waals surface area (Å²) < 4.78 is 38.3. The van der Waals surface area contributed by atoms with Crippen molar-refractivity contribution in [1.29, 1.82) is 0 Å². The predicted molar refractivity (Wildman–Crippen MR) is 109 cm³/mol. The second kappa shape index (κ2) is 8.94. The number of rotatable bonds is 7. The number of nitrogens with one attached hydrogen (secondary N) is 1. The number of quaternary nitrogens is 1. The molecule has 1 fully saturated rings. The van der Waals surface area contributed by atoms with Crippen molar-refractivity contribution in [3.05, 3.63) is 53.6 Å². The highest BCUT2D eigenvalue weighted by Crippen LogP contribution is 2.19. The molecule has 6 nitrogen and oxygen atoms in total. The highest BCUT2D eigenvalue weighted by molar-refractivity contribution is 7.89. The molecule has 0 saturated carbocycles. The molecule has 152 valence electrons. The highest BCUT2D eigenvalue weighted by Gasteiger charge is 2.30. The molecule has 1 heterocycles. The molecule has 1 N–H and O–H groups in total. The molecule has 0 radical (unpaired) electrons. The van der Waals surface area contributed by atoms with E-state index in [1.165, 1.54) is 4.90 Å². The molecule has 0 aromatic heterocycles. The topological polar surface area (TPSA) is 60.3 Å². The summed E-state index contributed by atoms with van der Waals surface area (Å²) in [6.45, 7) is 8.03. The largest absolute Gasteiger partial charge is 0.497 e. The fourth-order valence-corrected chi connectivity index (χ4v) is 4.83. The number of benzene rings is 2. The number of hydrogen-bond donors (Lipinski definition) is 1. The van der Waals surface area contributed by atoms with Gasteiger partial charge in [-0.1, -0.05) is 6.07 Å². The maximum atomic E-state index is 12.9. The minimum Gasteiger partial charge on any atom is -0.497 e. The van der Waals surface area contributed by atoms with Crippen LogP contribution in [0.25, 0.3) is 0 Å². The van der Waals surface area contributed by atoms with Crippen LogP contribution in [0.5, 0.6) is 11.5 Å². The van der Waals surface area contributed by atoms with Gasteiger partial charge in [-0.15, -0.1) is 0 Å². The fourth-order valence-electron chi connectivity index (χ4n) is 3.30. The van der Waals surface area contributed by atoms with Crippen LogP contribution in [0, 0.1) is 13.8 Å². The normalized spacial score (nSPS) is 16.1. The quantitative estimate of drug-likeness (QED) is 0.754. The average molecular weight is 406 g/mol. The van der Waals surface area contributed by atoms with E-state index in [-0.39, 0.29) is 0 Å². The van der Waals surface area contributed by atoms with Gasteiger partial charge < -0.3 is 14.4 Å². The van der Waals surface area contributed by atoms with Gasteiger partial charge in [0.25, 0.3) is 0 Å². The van der Waals surface area contributed by atoms with E-state index in [1.807, 2.05) is 44.2 Å². The molecule has 2 aromatic carbocycles. The number of ether oxygens (including phenoxy) is 2. The first-order chi connectivity index (χ1) is 13.4. The molecular formula is C21H29N2O4S+. The van der Waals surface area contributed by atoms with E-state index in [4.69, 9.17) is 9.47 Å². The second-order valence-corrected chi connectivity index (χ2v) is 9.11. The van der Waals surface area contributed by atoms with Gasteiger partial charge in [0.15, 0.2) is 0 Å². The Morgan fingerprint density at radius 3 is 2.21 bits per heavy atom. The van der Waals surface area contributed by atoms with Gasteiger partial charge in [0.05, 0.1) is 38.2 Å². The van der Waals surface area contributed by atoms with E-state index in [2.05, 4.69) is 0 Å². The van der Waals surface area contributed by atoms with Crippen LogP contribution in [0.15, 0.2) is 47.4 Å². The second-order valence-electron chi connectivity index (χ2n) is 7.17. The summed E-state index contributed by atoms with van der Waals surface area (Å²) in [7, 11) is -1.78. The van der Waals surface area contributed by atoms with Crippen molar-refractivity contribution < 1.29 is 22.8 Å². The number of nitrogens with zero attached hydrogens (tertiary/aromatic N) is 1. The Labute approximate surface area is 167 Å². The molecule has 1 aliphatic heterocycles. The van der Waals surface area contributed by atoms with E-state index in [9.17, 15) is 8.42 Å². The summed E-state index contributed by atoms with van der Waals surface area (Å²) in [5.74, 6) is 1.62. The lowest BCUT2D eigenvalue weighted by Gasteiger charge is -2.31. The van der Waals surface area contributed by atoms with Crippen molar-refractivity contribution in [2.24, 2.45) is 0 Å². The van der Waals surface area contributed by atoms with Gasteiger partial charge in [-0.05, 0) is 61.4 Å². The molecular weight excluding hydrogens is 376 g/mol. The Balaban J connectivity index is 1.48. The Bertz CT molecular complexity index is 889. The van der Waals surface area contributed by atoms with Crippen LogP contribution in [-0.2, 0) is 10.0 Å². The average Bonchev–Trinajstić information content (AvgIpc) is 2.71. The van der Waals surface area contributed by atoms with Crippen LogP contribution < -0.4 is 14.4 Å². The summed E-state index contributed by atoms with van der Waals surface area (Å²) >= 11 is 0. The van der Waals surface area contributed by atoms with Gasteiger partial charge >= 0.3 is 0 Å². The first-order valence-corrected chi connectivity index (χ1v) is 11.0. The van der Waals surface area contributed by atoms with Gasteiger partial charge in [-0.2, -0.15) is 4.31 Å². The summed E-state index contributed by atoms with van der Waals surface area (Å²) in [6.07, 6.45) is 0. The van der Waals surface area contributed by atoms with Gasteiger partial charge in [-0.25, -0.2) is 8.42 Å². The maximum absolute atomic E-state index is 12.9. The third-order valence-corrected chi connectivity index (χ3v) is 7.22. The summed E-state index contributed by atoms with van der Waals surface area (Å²) in [4.78, 5) is 1.75.